The molecule has 0 spiro atoms. The van der Waals surface area contributed by atoms with Crippen molar-refractivity contribution in [3.05, 3.63) is 34.1 Å². The van der Waals surface area contributed by atoms with Crippen LogP contribution < -0.4 is 4.90 Å². The van der Waals surface area contributed by atoms with Crippen molar-refractivity contribution in [3.63, 3.8) is 0 Å². The molecule has 1 aromatic carbocycles. The van der Waals surface area contributed by atoms with Crippen LogP contribution in [0.25, 0.3) is 0 Å². The molecule has 1 saturated heterocycles. The van der Waals surface area contributed by atoms with Crippen LogP contribution in [0.5, 0.6) is 0 Å². The number of rotatable bonds is 3. The molecule has 1 unspecified atom stereocenters. The van der Waals surface area contributed by atoms with E-state index >= 15 is 0 Å². The number of ether oxygens (including phenoxy) is 1. The Hall–Kier alpha value is -1.73. The maximum Gasteiger partial charge on any atom is 0.272 e. The van der Waals surface area contributed by atoms with Gasteiger partial charge in [0.05, 0.1) is 35.0 Å². The highest BCUT2D eigenvalue weighted by Gasteiger charge is 2.34. The minimum absolute atomic E-state index is 0.158. The van der Waals surface area contributed by atoms with Gasteiger partial charge in [0.2, 0.25) is 0 Å². The molecular weight excluding hydrogens is 267 g/mol. The van der Waals surface area contributed by atoms with Gasteiger partial charge in [0, 0.05) is 19.2 Å². The first-order chi connectivity index (χ1) is 9.32. The van der Waals surface area contributed by atoms with Crippen molar-refractivity contribution < 1.29 is 19.2 Å². The molecule has 0 bridgehead atoms. The lowest BCUT2D eigenvalue weighted by Crippen LogP contribution is -2.54. The predicted octanol–water partition coefficient (Wildman–Crippen LogP) is 1.71. The molecule has 2 rings (SSSR count). The van der Waals surface area contributed by atoms with Crippen molar-refractivity contribution in [2.75, 3.05) is 24.6 Å². The van der Waals surface area contributed by atoms with Crippen LogP contribution in [0, 0.1) is 15.9 Å². The Kier molecular flexibility index (Phi) is 3.92. The molecule has 6 nitrogen and oxygen atoms in total. The molecule has 1 N–H and O–H groups in total. The zero-order valence-electron chi connectivity index (χ0n) is 11.4. The number of benzene rings is 1. The van der Waals surface area contributed by atoms with Crippen molar-refractivity contribution in [2.24, 2.45) is 0 Å². The van der Waals surface area contributed by atoms with Crippen LogP contribution in [0.2, 0.25) is 0 Å². The Labute approximate surface area is 115 Å². The fraction of sp³-hybridized carbons (Fsp3) is 0.538. The average molecular weight is 284 g/mol. The highest BCUT2D eigenvalue weighted by molar-refractivity contribution is 5.53. The minimum atomic E-state index is -0.645. The van der Waals surface area contributed by atoms with E-state index in [4.69, 9.17) is 4.74 Å². The van der Waals surface area contributed by atoms with Crippen LogP contribution >= 0.6 is 0 Å². The third-order valence-corrected chi connectivity index (χ3v) is 3.17. The second-order valence-corrected chi connectivity index (χ2v) is 5.46. The zero-order valence-corrected chi connectivity index (χ0v) is 11.4. The summed E-state index contributed by atoms with van der Waals surface area (Å²) < 4.78 is 19.7. The van der Waals surface area contributed by atoms with E-state index in [1.54, 1.807) is 4.90 Å². The molecule has 20 heavy (non-hydrogen) atoms. The van der Waals surface area contributed by atoms with Crippen molar-refractivity contribution in [1.29, 1.82) is 0 Å². The number of anilines is 1. The van der Waals surface area contributed by atoms with E-state index < -0.39 is 22.4 Å². The van der Waals surface area contributed by atoms with Crippen molar-refractivity contribution >= 4 is 11.4 Å². The van der Waals surface area contributed by atoms with Crippen molar-refractivity contribution in [1.82, 2.24) is 0 Å². The summed E-state index contributed by atoms with van der Waals surface area (Å²) in [6.07, 6.45) is -0.409. The molecule has 1 atom stereocenters. The summed E-state index contributed by atoms with van der Waals surface area (Å²) in [6, 6.07) is 3.57. The molecule has 1 aromatic rings. The summed E-state index contributed by atoms with van der Waals surface area (Å²) in [5.41, 5.74) is -0.525. The second-order valence-electron chi connectivity index (χ2n) is 5.46. The van der Waals surface area contributed by atoms with E-state index in [1.165, 1.54) is 12.1 Å². The lowest BCUT2D eigenvalue weighted by atomic mass is 10.0. The maximum atomic E-state index is 14.0. The topological polar surface area (TPSA) is 75.8 Å². The fourth-order valence-electron chi connectivity index (χ4n) is 2.44. The van der Waals surface area contributed by atoms with Crippen LogP contribution in [0.4, 0.5) is 15.8 Å². The minimum Gasteiger partial charge on any atom is -0.394 e. The van der Waals surface area contributed by atoms with Gasteiger partial charge in [0.15, 0.2) is 5.82 Å². The van der Waals surface area contributed by atoms with Crippen LogP contribution in [0.15, 0.2) is 18.2 Å². The van der Waals surface area contributed by atoms with Gasteiger partial charge in [-0.2, -0.15) is 0 Å². The van der Waals surface area contributed by atoms with Gasteiger partial charge in [-0.05, 0) is 19.9 Å². The number of nitro benzene ring substituents is 1. The largest absolute Gasteiger partial charge is 0.394 e. The quantitative estimate of drug-likeness (QED) is 0.675. The molecule has 0 aromatic heterocycles. The second kappa shape index (κ2) is 5.34. The van der Waals surface area contributed by atoms with Crippen LogP contribution in [-0.2, 0) is 4.74 Å². The summed E-state index contributed by atoms with van der Waals surface area (Å²) in [7, 11) is 0. The normalized spacial score (nSPS) is 21.8. The SMILES string of the molecule is CC1(C)CN(c2ccc([N+](=O)[O-])cc2F)CC(CO)O1. The Morgan fingerprint density at radius 2 is 2.30 bits per heavy atom. The number of nitro groups is 1. The van der Waals surface area contributed by atoms with Gasteiger partial charge in [-0.1, -0.05) is 0 Å². The number of aliphatic hydroxyl groups excluding tert-OH is 1. The first-order valence-electron chi connectivity index (χ1n) is 6.30. The van der Waals surface area contributed by atoms with Crippen LogP contribution in [0.1, 0.15) is 13.8 Å². The third-order valence-electron chi connectivity index (χ3n) is 3.17. The Balaban J connectivity index is 2.28. The standard InChI is InChI=1S/C13H17FN2O4/c1-13(2)8-15(6-10(7-17)20-13)12-4-3-9(16(18)19)5-11(12)14/h3-5,10,17H,6-8H2,1-2H3. The van der Waals surface area contributed by atoms with E-state index in [9.17, 15) is 19.6 Å². The molecule has 0 aliphatic carbocycles. The van der Waals surface area contributed by atoms with Gasteiger partial charge >= 0.3 is 0 Å². The average Bonchev–Trinajstić information content (AvgIpc) is 2.36. The van der Waals surface area contributed by atoms with Crippen LogP contribution in [0.3, 0.4) is 0 Å². The number of hydrogen-bond donors (Lipinski definition) is 1. The van der Waals surface area contributed by atoms with Gasteiger partial charge in [-0.3, -0.25) is 10.1 Å². The molecule has 110 valence electrons. The van der Waals surface area contributed by atoms with Gasteiger partial charge < -0.3 is 14.7 Å². The van der Waals surface area contributed by atoms with E-state index in [-0.39, 0.29) is 18.0 Å². The highest BCUT2D eigenvalue weighted by Crippen LogP contribution is 2.29. The van der Waals surface area contributed by atoms with Crippen LogP contribution in [-0.4, -0.2) is 41.4 Å². The van der Waals surface area contributed by atoms with Gasteiger partial charge in [-0.25, -0.2) is 4.39 Å². The summed E-state index contributed by atoms with van der Waals surface area (Å²) in [5.74, 6) is -0.645. The summed E-state index contributed by atoms with van der Waals surface area (Å²) >= 11 is 0. The summed E-state index contributed by atoms with van der Waals surface area (Å²) in [4.78, 5) is 11.7. The lowest BCUT2D eigenvalue weighted by Gasteiger charge is -2.43. The van der Waals surface area contributed by atoms with E-state index in [1.807, 2.05) is 13.8 Å². The third kappa shape index (κ3) is 3.05. The highest BCUT2D eigenvalue weighted by atomic mass is 19.1. The lowest BCUT2D eigenvalue weighted by molar-refractivity contribution is -0.385. The molecule has 0 radical (unpaired) electrons. The number of hydrogen-bond acceptors (Lipinski definition) is 5. The number of aliphatic hydroxyl groups is 1. The van der Waals surface area contributed by atoms with Gasteiger partial charge in [0.1, 0.15) is 0 Å². The number of halogens is 1. The van der Waals surface area contributed by atoms with E-state index in [0.29, 0.717) is 13.1 Å². The predicted molar refractivity (Wildman–Crippen MR) is 71.3 cm³/mol. The number of nitrogens with zero attached hydrogens (tertiary/aromatic N) is 2. The molecule has 1 aliphatic rings. The Morgan fingerprint density at radius 1 is 1.60 bits per heavy atom. The zero-order chi connectivity index (χ0) is 14.9. The van der Waals surface area contributed by atoms with E-state index in [0.717, 1.165) is 6.07 Å². The molecule has 0 amide bonds. The van der Waals surface area contributed by atoms with E-state index in [2.05, 4.69) is 0 Å². The summed E-state index contributed by atoms with van der Waals surface area (Å²) in [5, 5.41) is 19.9. The molecule has 1 heterocycles. The molecule has 1 fully saturated rings. The Morgan fingerprint density at radius 3 is 2.85 bits per heavy atom. The maximum absolute atomic E-state index is 14.0. The van der Waals surface area contributed by atoms with Crippen molar-refractivity contribution in [2.45, 2.75) is 25.6 Å². The fourth-order valence-corrected chi connectivity index (χ4v) is 2.44. The first kappa shape index (κ1) is 14.7. The first-order valence-corrected chi connectivity index (χ1v) is 6.30. The molecule has 0 saturated carbocycles. The molecular formula is C13H17FN2O4. The number of non-ortho nitro benzene ring substituents is 1. The summed E-state index contributed by atoms with van der Waals surface area (Å²) in [6.45, 7) is 4.33. The number of morpholine rings is 1. The van der Waals surface area contributed by atoms with Crippen molar-refractivity contribution in [3.8, 4) is 0 Å². The monoisotopic (exact) mass is 284 g/mol. The smallest absolute Gasteiger partial charge is 0.272 e. The van der Waals surface area contributed by atoms with Gasteiger partial charge in [0.25, 0.3) is 5.69 Å². The molecule has 7 heteroatoms. The Bertz CT molecular complexity index is 521. The molecule has 1 aliphatic heterocycles. The van der Waals surface area contributed by atoms with Gasteiger partial charge in [-0.15, -0.1) is 0 Å².